The molecule has 1 aliphatic heterocycles. The number of halogens is 4. The molecule has 1 aliphatic rings. The van der Waals surface area contributed by atoms with E-state index >= 15 is 0 Å². The van der Waals surface area contributed by atoms with Crippen molar-refractivity contribution in [2.45, 2.75) is 25.1 Å². The summed E-state index contributed by atoms with van der Waals surface area (Å²) >= 11 is 5.98. The predicted molar refractivity (Wildman–Crippen MR) is 95.3 cm³/mol. The lowest BCUT2D eigenvalue weighted by molar-refractivity contribution is -0.144. The van der Waals surface area contributed by atoms with Crippen LogP contribution < -0.4 is 4.90 Å². The summed E-state index contributed by atoms with van der Waals surface area (Å²) in [5, 5.41) is -0.200. The summed E-state index contributed by atoms with van der Waals surface area (Å²) in [6.07, 6.45) is -1.14. The highest BCUT2D eigenvalue weighted by atomic mass is 35.5. The molecule has 0 radical (unpaired) electrons. The van der Waals surface area contributed by atoms with E-state index < -0.39 is 30.4 Å². The molecule has 0 bridgehead atoms. The molecule has 150 valence electrons. The monoisotopic (exact) mass is 415 g/mol. The third-order valence-corrected chi connectivity index (χ3v) is 4.80. The summed E-state index contributed by atoms with van der Waals surface area (Å²) in [5.41, 5.74) is -0.559. The van der Waals surface area contributed by atoms with Crippen molar-refractivity contribution in [3.63, 3.8) is 0 Å². The number of anilines is 1. The summed E-state index contributed by atoms with van der Waals surface area (Å²) in [4.78, 5) is 29.9. The van der Waals surface area contributed by atoms with E-state index in [9.17, 15) is 22.8 Å². The van der Waals surface area contributed by atoms with Gasteiger partial charge in [-0.3, -0.25) is 4.79 Å². The van der Waals surface area contributed by atoms with Crippen molar-refractivity contribution >= 4 is 29.2 Å². The number of alkyl halides is 3. The quantitative estimate of drug-likeness (QED) is 0.552. The lowest BCUT2D eigenvalue weighted by Crippen LogP contribution is -2.38. The Kier molecular flexibility index (Phi) is 5.64. The molecule has 0 aliphatic carbocycles. The number of carbonyl (C=O) groups is 2. The number of hydrogen-bond acceptors (Lipinski definition) is 5. The number of aryl methyl sites for hydroxylation is 1. The molecule has 6 nitrogen and oxygen atoms in total. The lowest BCUT2D eigenvalue weighted by atomic mass is 10.2. The maximum atomic E-state index is 12.8. The molecule has 0 saturated carbocycles. The van der Waals surface area contributed by atoms with Crippen molar-refractivity contribution in [1.29, 1.82) is 0 Å². The van der Waals surface area contributed by atoms with E-state index in [-0.39, 0.29) is 16.6 Å². The number of Topliss-reactive ketones (excluding diaryl/α,β-unsaturated/α-hetero) is 1. The Hall–Kier alpha value is -2.55. The van der Waals surface area contributed by atoms with Crippen molar-refractivity contribution in [1.82, 2.24) is 9.55 Å². The molecule has 3 heterocycles. The second-order valence-corrected chi connectivity index (χ2v) is 6.82. The SMILES string of the molecule is Cn1cccc1C(=O)COC(=O)C1CCCN1c1ncc(C(F)(F)F)cc1Cl. The first-order chi connectivity index (χ1) is 13.2. The van der Waals surface area contributed by atoms with Gasteiger partial charge < -0.3 is 14.2 Å². The number of nitrogens with zero attached hydrogens (tertiary/aromatic N) is 3. The van der Waals surface area contributed by atoms with Crippen LogP contribution in [0.15, 0.2) is 30.6 Å². The average molecular weight is 416 g/mol. The zero-order valence-corrected chi connectivity index (χ0v) is 15.6. The molecule has 0 aromatic carbocycles. The zero-order chi connectivity index (χ0) is 20.5. The normalized spacial score (nSPS) is 17.0. The van der Waals surface area contributed by atoms with Crippen LogP contribution in [0.4, 0.5) is 19.0 Å². The molecule has 1 unspecified atom stereocenters. The number of ether oxygens (including phenoxy) is 1. The summed E-state index contributed by atoms with van der Waals surface area (Å²) in [6, 6.07) is 3.34. The molecule has 0 amide bonds. The predicted octanol–water partition coefficient (Wildman–Crippen LogP) is 3.49. The van der Waals surface area contributed by atoms with Gasteiger partial charge >= 0.3 is 12.1 Å². The van der Waals surface area contributed by atoms with Crippen molar-refractivity contribution in [2.75, 3.05) is 18.1 Å². The van der Waals surface area contributed by atoms with Gasteiger partial charge in [-0.25, -0.2) is 9.78 Å². The minimum atomic E-state index is -4.56. The van der Waals surface area contributed by atoms with Gasteiger partial charge in [0.2, 0.25) is 5.78 Å². The van der Waals surface area contributed by atoms with E-state index in [1.54, 1.807) is 29.9 Å². The summed E-state index contributed by atoms with van der Waals surface area (Å²) in [5.74, 6) is -0.906. The molecule has 10 heteroatoms. The Morgan fingerprint density at radius 2 is 2.14 bits per heavy atom. The van der Waals surface area contributed by atoms with Crippen molar-refractivity contribution in [3.05, 3.63) is 46.9 Å². The highest BCUT2D eigenvalue weighted by Gasteiger charge is 2.36. The van der Waals surface area contributed by atoms with E-state index in [0.29, 0.717) is 31.3 Å². The fourth-order valence-corrected chi connectivity index (χ4v) is 3.39. The van der Waals surface area contributed by atoms with Crippen LogP contribution in [0, 0.1) is 0 Å². The molecule has 0 N–H and O–H groups in total. The van der Waals surface area contributed by atoms with E-state index in [1.807, 2.05) is 0 Å². The van der Waals surface area contributed by atoms with Gasteiger partial charge in [-0.15, -0.1) is 0 Å². The smallest absolute Gasteiger partial charge is 0.417 e. The van der Waals surface area contributed by atoms with Gasteiger partial charge in [-0.2, -0.15) is 13.2 Å². The summed E-state index contributed by atoms with van der Waals surface area (Å²) < 4.78 is 45.1. The van der Waals surface area contributed by atoms with Crippen LogP contribution in [-0.2, 0) is 22.8 Å². The van der Waals surface area contributed by atoms with Crippen LogP contribution in [0.3, 0.4) is 0 Å². The second-order valence-electron chi connectivity index (χ2n) is 6.41. The molecule has 1 atom stereocenters. The lowest BCUT2D eigenvalue weighted by Gasteiger charge is -2.25. The first-order valence-corrected chi connectivity index (χ1v) is 8.87. The Labute approximate surface area is 163 Å². The van der Waals surface area contributed by atoms with Crippen molar-refractivity contribution in [3.8, 4) is 0 Å². The van der Waals surface area contributed by atoms with Gasteiger partial charge in [-0.1, -0.05) is 11.6 Å². The molecule has 0 spiro atoms. The Morgan fingerprint density at radius 1 is 1.39 bits per heavy atom. The fraction of sp³-hybridized carbons (Fsp3) is 0.389. The minimum Gasteiger partial charge on any atom is -0.456 e. The Bertz CT molecular complexity index is 898. The van der Waals surface area contributed by atoms with E-state index in [2.05, 4.69) is 4.98 Å². The van der Waals surface area contributed by atoms with Gasteiger partial charge in [0.25, 0.3) is 0 Å². The number of aromatic nitrogens is 2. The van der Waals surface area contributed by atoms with E-state index in [1.165, 1.54) is 4.90 Å². The molecule has 1 saturated heterocycles. The highest BCUT2D eigenvalue weighted by Crippen LogP contribution is 2.35. The van der Waals surface area contributed by atoms with Crippen LogP contribution in [0.25, 0.3) is 0 Å². The van der Waals surface area contributed by atoms with Crippen LogP contribution in [0.5, 0.6) is 0 Å². The van der Waals surface area contributed by atoms with E-state index in [4.69, 9.17) is 16.3 Å². The van der Waals surface area contributed by atoms with Crippen molar-refractivity contribution < 1.29 is 27.5 Å². The van der Waals surface area contributed by atoms with Crippen LogP contribution in [0.2, 0.25) is 5.02 Å². The standard InChI is InChI=1S/C18H17ClF3N3O3/c1-24-6-2-4-13(24)15(26)10-28-17(27)14-5-3-7-25(14)16-12(19)8-11(9-23-16)18(20,21)22/h2,4,6,8-9,14H,3,5,7,10H2,1H3. The molecule has 2 aromatic heterocycles. The Morgan fingerprint density at radius 3 is 2.75 bits per heavy atom. The third-order valence-electron chi connectivity index (χ3n) is 4.52. The average Bonchev–Trinajstić information content (AvgIpc) is 3.27. The minimum absolute atomic E-state index is 0.0860. The van der Waals surface area contributed by atoms with Crippen molar-refractivity contribution in [2.24, 2.45) is 7.05 Å². The van der Waals surface area contributed by atoms with Gasteiger partial charge in [0, 0.05) is 26.0 Å². The highest BCUT2D eigenvalue weighted by molar-refractivity contribution is 6.33. The molecule has 28 heavy (non-hydrogen) atoms. The van der Waals surface area contributed by atoms with Crippen LogP contribution in [-0.4, -0.2) is 40.5 Å². The first-order valence-electron chi connectivity index (χ1n) is 8.49. The largest absolute Gasteiger partial charge is 0.456 e. The molecule has 2 aromatic rings. The number of esters is 1. The number of pyridine rings is 1. The fourth-order valence-electron chi connectivity index (χ4n) is 3.12. The number of ketones is 1. The Balaban J connectivity index is 1.70. The van der Waals surface area contributed by atoms with Gasteiger partial charge in [-0.05, 0) is 31.0 Å². The first kappa shape index (κ1) is 20.2. The number of carbonyl (C=O) groups excluding carboxylic acids is 2. The maximum absolute atomic E-state index is 12.8. The molecule has 1 fully saturated rings. The van der Waals surface area contributed by atoms with Crippen LogP contribution >= 0.6 is 11.6 Å². The second kappa shape index (κ2) is 7.83. The molecular weight excluding hydrogens is 399 g/mol. The number of rotatable bonds is 5. The molecular formula is C18H17ClF3N3O3. The third kappa shape index (κ3) is 4.14. The maximum Gasteiger partial charge on any atom is 0.417 e. The number of hydrogen-bond donors (Lipinski definition) is 0. The van der Waals surface area contributed by atoms with Crippen LogP contribution in [0.1, 0.15) is 28.9 Å². The van der Waals surface area contributed by atoms with Gasteiger partial charge in [0.15, 0.2) is 6.61 Å². The summed E-state index contributed by atoms with van der Waals surface area (Å²) in [6.45, 7) is -0.0290. The topological polar surface area (TPSA) is 64.4 Å². The summed E-state index contributed by atoms with van der Waals surface area (Å²) in [7, 11) is 1.70. The van der Waals surface area contributed by atoms with Gasteiger partial charge in [0.1, 0.15) is 11.9 Å². The van der Waals surface area contributed by atoms with E-state index in [0.717, 1.165) is 6.07 Å². The molecule has 3 rings (SSSR count). The van der Waals surface area contributed by atoms with Gasteiger partial charge in [0.05, 0.1) is 16.3 Å². The zero-order valence-electron chi connectivity index (χ0n) is 14.9.